The Bertz CT molecular complexity index is 906. The first kappa shape index (κ1) is 20.6. The van der Waals surface area contributed by atoms with Crippen LogP contribution < -0.4 is 15.7 Å². The van der Waals surface area contributed by atoms with Crippen LogP contribution in [0.25, 0.3) is 11.0 Å². The van der Waals surface area contributed by atoms with Gasteiger partial charge in [0.1, 0.15) is 11.3 Å². The average Bonchev–Trinajstić information content (AvgIpc) is 2.69. The van der Waals surface area contributed by atoms with E-state index in [-0.39, 0.29) is 12.3 Å². The van der Waals surface area contributed by atoms with Gasteiger partial charge in [-0.25, -0.2) is 4.79 Å². The summed E-state index contributed by atoms with van der Waals surface area (Å²) in [5, 5.41) is 4.00. The summed E-state index contributed by atoms with van der Waals surface area (Å²) in [6.07, 6.45) is 0.831. The van der Waals surface area contributed by atoms with Gasteiger partial charge in [-0.2, -0.15) is 0 Å². The Morgan fingerprint density at radius 2 is 2.07 bits per heavy atom. The van der Waals surface area contributed by atoms with Gasteiger partial charge in [-0.3, -0.25) is 9.69 Å². The predicted octanol–water partition coefficient (Wildman–Crippen LogP) is 2.14. The molecule has 1 amide bonds. The molecule has 3 rings (SSSR count). The van der Waals surface area contributed by atoms with Crippen molar-refractivity contribution in [3.63, 3.8) is 0 Å². The van der Waals surface area contributed by atoms with Crippen molar-refractivity contribution in [1.82, 2.24) is 10.2 Å². The van der Waals surface area contributed by atoms with Gasteiger partial charge in [0.05, 0.1) is 37.3 Å². The molecule has 0 bridgehead atoms. The van der Waals surface area contributed by atoms with Gasteiger partial charge in [0, 0.05) is 31.1 Å². The van der Waals surface area contributed by atoms with Crippen LogP contribution in [-0.4, -0.2) is 57.3 Å². The van der Waals surface area contributed by atoms with E-state index in [1.54, 1.807) is 19.1 Å². The second-order valence-corrected chi connectivity index (χ2v) is 7.22. The van der Waals surface area contributed by atoms with E-state index >= 15 is 0 Å². The zero-order valence-corrected chi connectivity index (χ0v) is 16.9. The molecule has 7 nitrogen and oxygen atoms in total. The normalized spacial score (nSPS) is 15.0. The Hall–Kier alpha value is -2.09. The average molecular weight is 409 g/mol. The molecule has 1 aromatic heterocycles. The molecule has 1 aliphatic heterocycles. The zero-order valence-electron chi connectivity index (χ0n) is 16.2. The Kier molecular flexibility index (Phi) is 6.93. The van der Waals surface area contributed by atoms with Crippen LogP contribution in [0.3, 0.4) is 0 Å². The molecule has 28 heavy (non-hydrogen) atoms. The monoisotopic (exact) mass is 408 g/mol. The summed E-state index contributed by atoms with van der Waals surface area (Å²) in [5.74, 6) is 0.235. The summed E-state index contributed by atoms with van der Waals surface area (Å²) in [5.41, 5.74) is 0.912. The quantitative estimate of drug-likeness (QED) is 0.558. The zero-order chi connectivity index (χ0) is 20.1. The third-order valence-electron chi connectivity index (χ3n) is 4.97. The van der Waals surface area contributed by atoms with Crippen molar-refractivity contribution < 1.29 is 18.7 Å². The summed E-state index contributed by atoms with van der Waals surface area (Å²) >= 11 is 6.19. The molecule has 0 radical (unpaired) electrons. The molecule has 1 N–H and O–H groups in total. The molecule has 1 aliphatic rings. The van der Waals surface area contributed by atoms with E-state index in [4.69, 9.17) is 25.5 Å². The number of nitrogens with zero attached hydrogens (tertiary/aromatic N) is 1. The SMILES string of the molecule is COc1cc2oc(=O)c(CC(=O)NCCCN3CCOCC3)c(C)c2cc1Cl. The molecule has 0 aliphatic carbocycles. The second kappa shape index (κ2) is 9.41. The van der Waals surface area contributed by atoms with Gasteiger partial charge in [0.2, 0.25) is 5.91 Å². The van der Waals surface area contributed by atoms with Gasteiger partial charge in [0.15, 0.2) is 0 Å². The Balaban J connectivity index is 1.62. The molecular weight excluding hydrogens is 384 g/mol. The topological polar surface area (TPSA) is 81.0 Å². The third-order valence-corrected chi connectivity index (χ3v) is 5.27. The van der Waals surface area contributed by atoms with Crippen LogP contribution in [0.2, 0.25) is 5.02 Å². The van der Waals surface area contributed by atoms with Crippen molar-refractivity contribution in [2.24, 2.45) is 0 Å². The molecule has 1 saturated heterocycles. The molecule has 0 saturated carbocycles. The highest BCUT2D eigenvalue weighted by molar-refractivity contribution is 6.32. The number of aryl methyl sites for hydroxylation is 1. The van der Waals surface area contributed by atoms with Crippen molar-refractivity contribution >= 4 is 28.5 Å². The summed E-state index contributed by atoms with van der Waals surface area (Å²) < 4.78 is 15.9. The molecule has 2 heterocycles. The maximum atomic E-state index is 12.4. The van der Waals surface area contributed by atoms with Gasteiger partial charge >= 0.3 is 5.63 Å². The van der Waals surface area contributed by atoms with Crippen LogP contribution in [0.1, 0.15) is 17.5 Å². The number of carbonyl (C=O) groups excluding carboxylic acids is 1. The van der Waals surface area contributed by atoms with Crippen LogP contribution in [0, 0.1) is 6.92 Å². The van der Waals surface area contributed by atoms with E-state index in [9.17, 15) is 9.59 Å². The van der Waals surface area contributed by atoms with Crippen LogP contribution in [0.5, 0.6) is 5.75 Å². The predicted molar refractivity (Wildman–Crippen MR) is 107 cm³/mol. The van der Waals surface area contributed by atoms with Gasteiger partial charge in [-0.15, -0.1) is 0 Å². The number of benzene rings is 1. The highest BCUT2D eigenvalue weighted by Crippen LogP contribution is 2.31. The molecular formula is C20H25ClN2O5. The minimum absolute atomic E-state index is 0.0225. The molecule has 1 fully saturated rings. The first-order valence-corrected chi connectivity index (χ1v) is 9.74. The number of nitrogens with one attached hydrogen (secondary N) is 1. The lowest BCUT2D eigenvalue weighted by molar-refractivity contribution is -0.120. The van der Waals surface area contributed by atoms with Crippen LogP contribution in [0.4, 0.5) is 0 Å². The van der Waals surface area contributed by atoms with Crippen molar-refractivity contribution in [3.8, 4) is 5.75 Å². The molecule has 2 aromatic rings. The largest absolute Gasteiger partial charge is 0.495 e. The number of hydrogen-bond donors (Lipinski definition) is 1. The van der Waals surface area contributed by atoms with Crippen molar-refractivity contribution in [2.75, 3.05) is 46.5 Å². The van der Waals surface area contributed by atoms with Gasteiger partial charge in [0.25, 0.3) is 0 Å². The molecule has 0 unspecified atom stereocenters. The van der Waals surface area contributed by atoms with Gasteiger partial charge in [-0.1, -0.05) is 11.6 Å². The summed E-state index contributed by atoms with van der Waals surface area (Å²) in [4.78, 5) is 27.0. The molecule has 8 heteroatoms. The lowest BCUT2D eigenvalue weighted by Crippen LogP contribution is -2.38. The van der Waals surface area contributed by atoms with Crippen LogP contribution >= 0.6 is 11.6 Å². The Morgan fingerprint density at radius 1 is 1.32 bits per heavy atom. The number of rotatable bonds is 7. The summed E-state index contributed by atoms with van der Waals surface area (Å²) in [7, 11) is 1.50. The Labute approximate surface area is 168 Å². The molecule has 0 spiro atoms. The fourth-order valence-electron chi connectivity index (χ4n) is 3.33. The fraction of sp³-hybridized carbons (Fsp3) is 0.500. The maximum Gasteiger partial charge on any atom is 0.340 e. The van der Waals surface area contributed by atoms with E-state index in [2.05, 4.69) is 10.2 Å². The number of morpholine rings is 1. The molecule has 152 valence electrons. The van der Waals surface area contributed by atoms with E-state index in [1.807, 2.05) is 0 Å². The van der Waals surface area contributed by atoms with Crippen LogP contribution in [-0.2, 0) is 16.0 Å². The van der Waals surface area contributed by atoms with E-state index in [0.717, 1.165) is 39.3 Å². The number of methoxy groups -OCH3 is 1. The Morgan fingerprint density at radius 3 is 2.79 bits per heavy atom. The summed E-state index contributed by atoms with van der Waals surface area (Å²) in [6, 6.07) is 3.28. The number of hydrogen-bond acceptors (Lipinski definition) is 6. The van der Waals surface area contributed by atoms with E-state index < -0.39 is 5.63 Å². The first-order valence-electron chi connectivity index (χ1n) is 9.36. The highest BCUT2D eigenvalue weighted by Gasteiger charge is 2.17. The number of amides is 1. The third kappa shape index (κ3) is 4.84. The van der Waals surface area contributed by atoms with Gasteiger partial charge in [-0.05, 0) is 31.5 Å². The van der Waals surface area contributed by atoms with E-state index in [0.29, 0.717) is 39.4 Å². The summed E-state index contributed by atoms with van der Waals surface area (Å²) in [6.45, 7) is 6.66. The highest BCUT2D eigenvalue weighted by atomic mass is 35.5. The molecule has 0 atom stereocenters. The van der Waals surface area contributed by atoms with Gasteiger partial charge < -0.3 is 19.2 Å². The first-order chi connectivity index (χ1) is 13.5. The van der Waals surface area contributed by atoms with Crippen molar-refractivity contribution in [2.45, 2.75) is 19.8 Å². The number of halogens is 1. The number of fused-ring (bicyclic) bond motifs is 1. The lowest BCUT2D eigenvalue weighted by Gasteiger charge is -2.26. The second-order valence-electron chi connectivity index (χ2n) is 6.81. The maximum absolute atomic E-state index is 12.4. The molecule has 1 aromatic carbocycles. The fourth-order valence-corrected chi connectivity index (χ4v) is 3.57. The number of carbonyl (C=O) groups is 1. The standard InChI is InChI=1S/C20H25ClN2O5/c1-13-14-10-16(21)18(26-2)12-17(14)28-20(25)15(13)11-19(24)22-4-3-5-23-6-8-27-9-7-23/h10,12H,3-9,11H2,1-2H3,(H,22,24). The van der Waals surface area contributed by atoms with Crippen LogP contribution in [0.15, 0.2) is 21.3 Å². The van der Waals surface area contributed by atoms with Crippen molar-refractivity contribution in [1.29, 1.82) is 0 Å². The van der Waals surface area contributed by atoms with E-state index in [1.165, 1.54) is 7.11 Å². The van der Waals surface area contributed by atoms with Crippen molar-refractivity contribution in [3.05, 3.63) is 38.7 Å². The lowest BCUT2D eigenvalue weighted by atomic mass is 10.0. The minimum Gasteiger partial charge on any atom is -0.495 e. The smallest absolute Gasteiger partial charge is 0.340 e. The number of ether oxygens (including phenoxy) is 2. The minimum atomic E-state index is -0.516.